The minimum absolute atomic E-state index is 0. The summed E-state index contributed by atoms with van der Waals surface area (Å²) in [6.07, 6.45) is 0. The van der Waals surface area contributed by atoms with Crippen molar-refractivity contribution < 1.29 is 58.6 Å². The van der Waals surface area contributed by atoms with Gasteiger partial charge < -0.3 is 10.8 Å². The molecule has 0 atom stereocenters. The summed E-state index contributed by atoms with van der Waals surface area (Å²) in [7, 11) is -4.15. The second-order valence-electron chi connectivity index (χ2n) is 7.48. The fraction of sp³-hybridized carbons (Fsp3) is 0.0833. The maximum atomic E-state index is 12.8. The standard InChI is InChI=1S/C24H19N3O7S.Na.H/c1-16-22(23(25-34-16)19-5-3-2-4-6-19)18-11-13-21(14-12-18)35(31,32)26-24(28)20-9-7-17(8-10-20)15-33-27(29)30;;/h2-14H,15H2,1H3,(H,26,28);;/q;+1;-1. The number of benzene rings is 3. The molecule has 10 nitrogen and oxygen atoms in total. The van der Waals surface area contributed by atoms with Gasteiger partial charge in [-0.3, -0.25) is 4.79 Å². The van der Waals surface area contributed by atoms with E-state index in [0.717, 1.165) is 11.1 Å². The molecule has 0 bridgehead atoms. The van der Waals surface area contributed by atoms with Crippen LogP contribution in [0, 0.1) is 17.0 Å². The third-order valence-electron chi connectivity index (χ3n) is 5.14. The summed E-state index contributed by atoms with van der Waals surface area (Å²) in [5.74, 6) is -0.253. The maximum Gasteiger partial charge on any atom is 1.00 e. The number of sulfonamides is 1. The molecule has 0 aliphatic rings. The average Bonchev–Trinajstić information content (AvgIpc) is 3.24. The topological polar surface area (TPSA) is 142 Å². The molecule has 4 aromatic rings. The van der Waals surface area contributed by atoms with Crippen molar-refractivity contribution in [3.63, 3.8) is 0 Å². The van der Waals surface area contributed by atoms with Gasteiger partial charge in [-0.05, 0) is 42.3 Å². The van der Waals surface area contributed by atoms with Crippen LogP contribution in [0.1, 0.15) is 23.1 Å². The molecule has 180 valence electrons. The molecule has 0 aliphatic carbocycles. The van der Waals surface area contributed by atoms with E-state index < -0.39 is 21.0 Å². The zero-order valence-corrected chi connectivity index (χ0v) is 22.2. The van der Waals surface area contributed by atoms with Gasteiger partial charge in [-0.25, -0.2) is 13.1 Å². The van der Waals surface area contributed by atoms with Crippen molar-refractivity contribution >= 4 is 15.9 Å². The number of aromatic nitrogens is 1. The molecule has 0 unspecified atom stereocenters. The molecule has 1 N–H and O–H groups in total. The molecule has 3 aromatic carbocycles. The monoisotopic (exact) mass is 517 g/mol. The molecule has 0 radical (unpaired) electrons. The molecule has 1 amide bonds. The number of amides is 1. The van der Waals surface area contributed by atoms with Crippen LogP contribution in [0.25, 0.3) is 22.4 Å². The SMILES string of the molecule is Cc1onc(-c2ccccc2)c1-c1ccc(S(=O)(=O)NC(=O)c2ccc(CO[N+](=O)[O-])cc2)cc1.[H-].[Na+]. The molecule has 36 heavy (non-hydrogen) atoms. The van der Waals surface area contributed by atoms with Gasteiger partial charge in [0.1, 0.15) is 18.1 Å². The fourth-order valence-electron chi connectivity index (χ4n) is 3.43. The van der Waals surface area contributed by atoms with Gasteiger partial charge in [0, 0.05) is 11.1 Å². The first-order chi connectivity index (χ1) is 16.7. The van der Waals surface area contributed by atoms with Gasteiger partial charge in [-0.1, -0.05) is 59.8 Å². The van der Waals surface area contributed by atoms with Crippen LogP contribution in [0.2, 0.25) is 0 Å². The molecular formula is C24H20N3NaO7S. The fourth-order valence-corrected chi connectivity index (χ4v) is 4.40. The van der Waals surface area contributed by atoms with E-state index in [9.17, 15) is 23.3 Å². The van der Waals surface area contributed by atoms with Gasteiger partial charge in [0.25, 0.3) is 21.0 Å². The normalized spacial score (nSPS) is 10.8. The molecule has 0 aliphatic heterocycles. The largest absolute Gasteiger partial charge is 1.00 e. The molecular weight excluding hydrogens is 497 g/mol. The van der Waals surface area contributed by atoms with Crippen LogP contribution in [-0.2, 0) is 21.5 Å². The van der Waals surface area contributed by atoms with Crippen molar-refractivity contribution in [2.75, 3.05) is 0 Å². The van der Waals surface area contributed by atoms with Crippen LogP contribution >= 0.6 is 0 Å². The average molecular weight is 517 g/mol. The molecule has 4 rings (SSSR count). The van der Waals surface area contributed by atoms with Crippen LogP contribution in [-0.4, -0.2) is 24.6 Å². The third kappa shape index (κ3) is 6.18. The summed E-state index contributed by atoms with van der Waals surface area (Å²) >= 11 is 0. The molecule has 1 aromatic heterocycles. The van der Waals surface area contributed by atoms with E-state index in [4.69, 9.17) is 4.52 Å². The molecule has 0 saturated carbocycles. The Balaban J connectivity index is 0.00000241. The predicted octanol–water partition coefficient (Wildman–Crippen LogP) is 1.26. The summed E-state index contributed by atoms with van der Waals surface area (Å²) in [4.78, 5) is 26.9. The van der Waals surface area contributed by atoms with Crippen molar-refractivity contribution in [3.05, 3.63) is 106 Å². The Morgan fingerprint density at radius 3 is 2.28 bits per heavy atom. The predicted molar refractivity (Wildman–Crippen MR) is 126 cm³/mol. The first kappa shape index (κ1) is 27.1. The van der Waals surface area contributed by atoms with Gasteiger partial charge in [0.15, 0.2) is 0 Å². The van der Waals surface area contributed by atoms with Crippen molar-refractivity contribution in [2.24, 2.45) is 0 Å². The Bertz CT molecular complexity index is 1480. The Hall–Kier alpha value is -3.51. The Labute approximate surface area is 230 Å². The number of carbonyl (C=O) groups is 1. The van der Waals surface area contributed by atoms with Crippen molar-refractivity contribution in [1.82, 2.24) is 9.88 Å². The molecule has 0 fully saturated rings. The second-order valence-corrected chi connectivity index (χ2v) is 9.16. The van der Waals surface area contributed by atoms with Crippen LogP contribution in [0.15, 0.2) is 88.3 Å². The number of hydrogen-bond donors (Lipinski definition) is 1. The summed E-state index contributed by atoms with van der Waals surface area (Å²) in [5.41, 5.74) is 3.47. The van der Waals surface area contributed by atoms with E-state index in [1.807, 2.05) is 35.1 Å². The first-order valence-corrected chi connectivity index (χ1v) is 11.8. The quantitative estimate of drug-likeness (QED) is 0.209. The summed E-state index contributed by atoms with van der Waals surface area (Å²) in [6.45, 7) is 1.49. The first-order valence-electron chi connectivity index (χ1n) is 10.3. The van der Waals surface area contributed by atoms with Gasteiger partial charge in [0.2, 0.25) is 0 Å². The number of carbonyl (C=O) groups excluding carboxylic acids is 1. The molecule has 0 spiro atoms. The minimum Gasteiger partial charge on any atom is -1.00 e. The van der Waals surface area contributed by atoms with Gasteiger partial charge in [-0.15, -0.1) is 10.1 Å². The second kappa shape index (κ2) is 11.5. The molecule has 0 saturated heterocycles. The zero-order chi connectivity index (χ0) is 25.0. The van der Waals surface area contributed by atoms with E-state index >= 15 is 0 Å². The Morgan fingerprint density at radius 2 is 1.67 bits per heavy atom. The van der Waals surface area contributed by atoms with Crippen LogP contribution in [0.4, 0.5) is 0 Å². The number of rotatable bonds is 8. The van der Waals surface area contributed by atoms with E-state index in [1.54, 1.807) is 19.1 Å². The Morgan fingerprint density at radius 1 is 1.03 bits per heavy atom. The summed E-state index contributed by atoms with van der Waals surface area (Å²) < 4.78 is 32.9. The Kier molecular flexibility index (Phi) is 8.64. The number of nitrogens with zero attached hydrogens (tertiary/aromatic N) is 2. The van der Waals surface area contributed by atoms with Gasteiger partial charge in [-0.2, -0.15) is 0 Å². The van der Waals surface area contributed by atoms with Gasteiger partial charge >= 0.3 is 29.6 Å². The summed E-state index contributed by atoms with van der Waals surface area (Å²) in [6, 6.07) is 21.1. The van der Waals surface area contributed by atoms with Crippen molar-refractivity contribution in [1.29, 1.82) is 0 Å². The molecule has 12 heteroatoms. The van der Waals surface area contributed by atoms with Gasteiger partial charge in [0.05, 0.1) is 10.5 Å². The van der Waals surface area contributed by atoms with Crippen molar-refractivity contribution in [2.45, 2.75) is 18.4 Å². The molecule has 1 heterocycles. The number of nitrogens with one attached hydrogen (secondary N) is 1. The third-order valence-corrected chi connectivity index (χ3v) is 6.49. The van der Waals surface area contributed by atoms with E-state index in [-0.39, 0.29) is 48.0 Å². The maximum absolute atomic E-state index is 12.8. The van der Waals surface area contributed by atoms with Crippen LogP contribution in [0.5, 0.6) is 0 Å². The zero-order valence-electron chi connectivity index (χ0n) is 20.4. The van der Waals surface area contributed by atoms with E-state index in [0.29, 0.717) is 22.6 Å². The van der Waals surface area contributed by atoms with E-state index in [1.165, 1.54) is 36.4 Å². The van der Waals surface area contributed by atoms with Crippen LogP contribution < -0.4 is 34.3 Å². The number of aryl methyl sites for hydroxylation is 1. The summed E-state index contributed by atoms with van der Waals surface area (Å²) in [5, 5.41) is 13.5. The van der Waals surface area contributed by atoms with Crippen molar-refractivity contribution in [3.8, 4) is 22.4 Å². The van der Waals surface area contributed by atoms with Crippen LogP contribution in [0.3, 0.4) is 0 Å². The number of hydrogen-bond acceptors (Lipinski definition) is 8. The minimum atomic E-state index is -4.15. The smallest absolute Gasteiger partial charge is 1.00 e. The van der Waals surface area contributed by atoms with E-state index in [2.05, 4.69) is 9.99 Å².